The highest BCUT2D eigenvalue weighted by Crippen LogP contribution is 2.44. The van der Waals surface area contributed by atoms with E-state index in [1.165, 1.54) is 5.56 Å². The first kappa shape index (κ1) is 20.3. The summed E-state index contributed by atoms with van der Waals surface area (Å²) in [6, 6.07) is 10.2. The Kier molecular flexibility index (Phi) is 6.01. The molecule has 0 aromatic heterocycles. The molecule has 2 aromatic rings. The van der Waals surface area contributed by atoms with Crippen LogP contribution in [0.5, 0.6) is 11.5 Å². The topological polar surface area (TPSA) is 38.7 Å². The summed E-state index contributed by atoms with van der Waals surface area (Å²) in [6.07, 6.45) is 1.61. The van der Waals surface area contributed by atoms with E-state index in [1.807, 2.05) is 18.2 Å². The van der Waals surface area contributed by atoms with Crippen molar-refractivity contribution >= 4 is 0 Å². The zero-order valence-corrected chi connectivity index (χ0v) is 17.6. The van der Waals surface area contributed by atoms with Crippen LogP contribution in [0, 0.1) is 32.6 Å². The summed E-state index contributed by atoms with van der Waals surface area (Å²) in [5.41, 5.74) is 5.36. The molecule has 1 aliphatic rings. The standard InChI is InChI=1S/C25H30O3/c1-6-10-21(26)15-25(5)14-13-22-19(4)23(17(2)18(3)24(22)28-25)27-16-20-11-8-7-9-12-20/h7-9,11-12,21,26H,13-16H2,1-5H3/t21-,25?/m0/s1. The number of hydrogen-bond donors (Lipinski definition) is 1. The largest absolute Gasteiger partial charge is 0.488 e. The van der Waals surface area contributed by atoms with Crippen LogP contribution in [0.25, 0.3) is 0 Å². The van der Waals surface area contributed by atoms with Crippen LogP contribution in [0.1, 0.15) is 54.5 Å². The molecule has 148 valence electrons. The van der Waals surface area contributed by atoms with E-state index in [0.29, 0.717) is 13.0 Å². The van der Waals surface area contributed by atoms with Crippen LogP contribution in [-0.2, 0) is 13.0 Å². The van der Waals surface area contributed by atoms with E-state index >= 15 is 0 Å². The van der Waals surface area contributed by atoms with Crippen molar-refractivity contribution in [3.05, 3.63) is 58.1 Å². The molecule has 0 bridgehead atoms. The molecule has 3 rings (SSSR count). The third kappa shape index (κ3) is 4.18. The van der Waals surface area contributed by atoms with E-state index in [1.54, 1.807) is 6.92 Å². The molecule has 0 amide bonds. The van der Waals surface area contributed by atoms with Gasteiger partial charge in [-0.1, -0.05) is 36.3 Å². The molecular formula is C25H30O3. The van der Waals surface area contributed by atoms with Crippen LogP contribution < -0.4 is 9.47 Å². The Labute approximate surface area is 168 Å². The highest BCUT2D eigenvalue weighted by atomic mass is 16.5. The van der Waals surface area contributed by atoms with Crippen molar-refractivity contribution in [1.82, 2.24) is 0 Å². The second-order valence-corrected chi connectivity index (χ2v) is 7.95. The molecule has 2 atom stereocenters. The summed E-state index contributed by atoms with van der Waals surface area (Å²) in [5.74, 6) is 7.53. The molecule has 28 heavy (non-hydrogen) atoms. The average Bonchev–Trinajstić information content (AvgIpc) is 2.67. The fourth-order valence-corrected chi connectivity index (χ4v) is 4.00. The molecule has 0 radical (unpaired) electrons. The summed E-state index contributed by atoms with van der Waals surface area (Å²) in [6.45, 7) is 10.7. The number of benzene rings is 2. The molecule has 1 aliphatic heterocycles. The Morgan fingerprint density at radius 3 is 2.54 bits per heavy atom. The Morgan fingerprint density at radius 1 is 1.14 bits per heavy atom. The maximum atomic E-state index is 10.1. The van der Waals surface area contributed by atoms with Gasteiger partial charge in [-0.25, -0.2) is 0 Å². The average molecular weight is 379 g/mol. The Hall–Kier alpha value is -2.44. The normalized spacial score (nSPS) is 19.1. The van der Waals surface area contributed by atoms with E-state index in [2.05, 4.69) is 51.7 Å². The van der Waals surface area contributed by atoms with E-state index in [9.17, 15) is 5.11 Å². The Bertz CT molecular complexity index is 905. The van der Waals surface area contributed by atoms with Crippen molar-refractivity contribution in [1.29, 1.82) is 0 Å². The van der Waals surface area contributed by atoms with Crippen LogP contribution in [-0.4, -0.2) is 16.8 Å². The maximum Gasteiger partial charge on any atom is 0.127 e. The second kappa shape index (κ2) is 8.29. The minimum Gasteiger partial charge on any atom is -0.488 e. The fourth-order valence-electron chi connectivity index (χ4n) is 4.00. The number of aliphatic hydroxyl groups is 1. The summed E-state index contributed by atoms with van der Waals surface area (Å²) in [7, 11) is 0. The van der Waals surface area contributed by atoms with Crippen LogP contribution >= 0.6 is 0 Å². The molecule has 1 unspecified atom stereocenters. The van der Waals surface area contributed by atoms with Gasteiger partial charge in [0.15, 0.2) is 0 Å². The van der Waals surface area contributed by atoms with Gasteiger partial charge in [0, 0.05) is 12.0 Å². The first-order valence-electron chi connectivity index (χ1n) is 9.93. The van der Waals surface area contributed by atoms with E-state index in [0.717, 1.165) is 46.6 Å². The SMILES string of the molecule is CC#C[C@H](O)CC1(C)CCc2c(C)c(OCc3ccccc3)c(C)c(C)c2O1. The summed E-state index contributed by atoms with van der Waals surface area (Å²) >= 11 is 0. The van der Waals surface area contributed by atoms with E-state index in [-0.39, 0.29) is 0 Å². The molecule has 0 saturated heterocycles. The van der Waals surface area contributed by atoms with E-state index < -0.39 is 11.7 Å². The zero-order chi connectivity index (χ0) is 20.3. The van der Waals surface area contributed by atoms with Gasteiger partial charge in [-0.3, -0.25) is 0 Å². The van der Waals surface area contributed by atoms with Gasteiger partial charge in [0.05, 0.1) is 0 Å². The van der Waals surface area contributed by atoms with Crippen molar-refractivity contribution in [3.8, 4) is 23.3 Å². The summed E-state index contributed by atoms with van der Waals surface area (Å²) in [5, 5.41) is 10.1. The van der Waals surface area contributed by atoms with Crippen LogP contribution in [0.3, 0.4) is 0 Å². The number of rotatable bonds is 5. The predicted octanol–water partition coefficient (Wildman–Crippen LogP) is 5.05. The summed E-state index contributed by atoms with van der Waals surface area (Å²) in [4.78, 5) is 0. The first-order valence-corrected chi connectivity index (χ1v) is 9.93. The first-order chi connectivity index (χ1) is 13.3. The van der Waals surface area contributed by atoms with Gasteiger partial charge in [0.2, 0.25) is 0 Å². The lowest BCUT2D eigenvalue weighted by atomic mass is 9.84. The van der Waals surface area contributed by atoms with Gasteiger partial charge in [-0.2, -0.15) is 0 Å². The molecule has 0 spiro atoms. The van der Waals surface area contributed by atoms with Crippen LogP contribution in [0.15, 0.2) is 30.3 Å². The highest BCUT2D eigenvalue weighted by molar-refractivity contribution is 5.59. The number of aliphatic hydroxyl groups excluding tert-OH is 1. The van der Waals surface area contributed by atoms with Gasteiger partial charge in [-0.05, 0) is 69.7 Å². The highest BCUT2D eigenvalue weighted by Gasteiger charge is 2.36. The van der Waals surface area contributed by atoms with Crippen LogP contribution in [0.2, 0.25) is 0 Å². The van der Waals surface area contributed by atoms with Gasteiger partial charge >= 0.3 is 0 Å². The fraction of sp³-hybridized carbons (Fsp3) is 0.440. The van der Waals surface area contributed by atoms with Crippen molar-refractivity contribution in [3.63, 3.8) is 0 Å². The van der Waals surface area contributed by atoms with Crippen LogP contribution in [0.4, 0.5) is 0 Å². The van der Waals surface area contributed by atoms with Crippen molar-refractivity contribution in [2.75, 3.05) is 0 Å². The van der Waals surface area contributed by atoms with Crippen molar-refractivity contribution in [2.24, 2.45) is 0 Å². The molecule has 1 N–H and O–H groups in total. The number of ether oxygens (including phenoxy) is 2. The van der Waals surface area contributed by atoms with Gasteiger partial charge in [0.25, 0.3) is 0 Å². The number of hydrogen-bond acceptors (Lipinski definition) is 3. The van der Waals surface area contributed by atoms with Crippen molar-refractivity contribution < 1.29 is 14.6 Å². The minimum atomic E-state index is -0.660. The number of fused-ring (bicyclic) bond motifs is 1. The lowest BCUT2D eigenvalue weighted by Gasteiger charge is -2.38. The molecule has 2 aromatic carbocycles. The smallest absolute Gasteiger partial charge is 0.127 e. The Balaban J connectivity index is 1.87. The maximum absolute atomic E-state index is 10.1. The molecule has 0 saturated carbocycles. The molecule has 1 heterocycles. The zero-order valence-electron chi connectivity index (χ0n) is 17.6. The minimum absolute atomic E-state index is 0.410. The second-order valence-electron chi connectivity index (χ2n) is 7.95. The lowest BCUT2D eigenvalue weighted by molar-refractivity contribution is 0.0236. The third-order valence-electron chi connectivity index (χ3n) is 5.73. The Morgan fingerprint density at radius 2 is 1.86 bits per heavy atom. The molecule has 3 heteroatoms. The van der Waals surface area contributed by atoms with E-state index in [4.69, 9.17) is 9.47 Å². The van der Waals surface area contributed by atoms with Gasteiger partial charge in [0.1, 0.15) is 29.8 Å². The van der Waals surface area contributed by atoms with Gasteiger partial charge < -0.3 is 14.6 Å². The van der Waals surface area contributed by atoms with Gasteiger partial charge in [-0.15, -0.1) is 5.92 Å². The third-order valence-corrected chi connectivity index (χ3v) is 5.73. The monoisotopic (exact) mass is 378 g/mol. The molecule has 0 fully saturated rings. The molecule has 3 nitrogen and oxygen atoms in total. The molecular weight excluding hydrogens is 348 g/mol. The predicted molar refractivity (Wildman–Crippen MR) is 113 cm³/mol. The van der Waals surface area contributed by atoms with Crippen molar-refractivity contribution in [2.45, 2.75) is 72.2 Å². The summed E-state index contributed by atoms with van der Waals surface area (Å²) < 4.78 is 12.7. The lowest BCUT2D eigenvalue weighted by Crippen LogP contribution is -2.40. The quantitative estimate of drug-likeness (QED) is 0.740. The molecule has 0 aliphatic carbocycles.